The van der Waals surface area contributed by atoms with Gasteiger partial charge in [0.15, 0.2) is 0 Å². The lowest BCUT2D eigenvalue weighted by atomic mass is 10.1. The van der Waals surface area contributed by atoms with Gasteiger partial charge in [0.05, 0.1) is 27.1 Å². The monoisotopic (exact) mass is 388 g/mol. The molecule has 0 aliphatic carbocycles. The number of carbonyl (C=O) groups excluding carboxylic acids is 1. The van der Waals surface area contributed by atoms with Crippen molar-refractivity contribution in [2.75, 3.05) is 11.9 Å². The van der Waals surface area contributed by atoms with Crippen LogP contribution >= 0.6 is 0 Å². The molecule has 0 aliphatic heterocycles. The van der Waals surface area contributed by atoms with Crippen molar-refractivity contribution in [3.8, 4) is 6.07 Å². The van der Waals surface area contributed by atoms with Crippen molar-refractivity contribution in [2.24, 2.45) is 0 Å². The highest BCUT2D eigenvalue weighted by Crippen LogP contribution is 2.25. The predicted octanol–water partition coefficient (Wildman–Crippen LogP) is 2.35. The molecule has 0 aliphatic rings. The third kappa shape index (κ3) is 4.87. The Morgan fingerprint density at radius 3 is 2.48 bits per heavy atom. The van der Waals surface area contributed by atoms with Crippen LogP contribution in [0.5, 0.6) is 0 Å². The van der Waals surface area contributed by atoms with Crippen LogP contribution in [0.4, 0.5) is 11.4 Å². The summed E-state index contributed by atoms with van der Waals surface area (Å²) < 4.78 is 26.4. The first-order chi connectivity index (χ1) is 12.8. The molecular formula is C17H16N4O5S. The van der Waals surface area contributed by atoms with Gasteiger partial charge >= 0.3 is 0 Å². The Balaban J connectivity index is 2.16. The number of hydrogen-bond acceptors (Lipinski definition) is 6. The highest BCUT2D eigenvalue weighted by Gasteiger charge is 2.17. The van der Waals surface area contributed by atoms with Crippen LogP contribution in [0.2, 0.25) is 0 Å². The van der Waals surface area contributed by atoms with Crippen molar-refractivity contribution in [3.63, 3.8) is 0 Å². The molecule has 0 atom stereocenters. The van der Waals surface area contributed by atoms with Crippen LogP contribution in [0.25, 0.3) is 0 Å². The summed E-state index contributed by atoms with van der Waals surface area (Å²) in [7, 11) is -3.76. The van der Waals surface area contributed by atoms with Crippen LogP contribution < -0.4 is 10.0 Å². The fraction of sp³-hybridized carbons (Fsp3) is 0.176. The van der Waals surface area contributed by atoms with Crippen molar-refractivity contribution in [2.45, 2.75) is 18.2 Å². The minimum Gasteiger partial charge on any atom is -0.321 e. The van der Waals surface area contributed by atoms with Crippen molar-refractivity contribution < 1.29 is 18.1 Å². The van der Waals surface area contributed by atoms with Crippen LogP contribution in [-0.2, 0) is 10.0 Å². The van der Waals surface area contributed by atoms with E-state index in [-0.39, 0.29) is 29.1 Å². The summed E-state index contributed by atoms with van der Waals surface area (Å²) in [5.74, 6) is -0.528. The third-order valence-corrected chi connectivity index (χ3v) is 5.18. The molecule has 2 aromatic carbocycles. The van der Waals surface area contributed by atoms with E-state index in [0.29, 0.717) is 11.3 Å². The first kappa shape index (κ1) is 20.0. The zero-order valence-corrected chi connectivity index (χ0v) is 15.1. The van der Waals surface area contributed by atoms with E-state index in [2.05, 4.69) is 10.0 Å². The first-order valence-electron chi connectivity index (χ1n) is 7.78. The van der Waals surface area contributed by atoms with Gasteiger partial charge in [0.25, 0.3) is 11.6 Å². The van der Waals surface area contributed by atoms with Crippen molar-refractivity contribution in [1.82, 2.24) is 4.72 Å². The van der Waals surface area contributed by atoms with Gasteiger partial charge in [-0.2, -0.15) is 5.26 Å². The Morgan fingerprint density at radius 2 is 1.89 bits per heavy atom. The van der Waals surface area contributed by atoms with E-state index in [4.69, 9.17) is 5.26 Å². The van der Waals surface area contributed by atoms with E-state index in [0.717, 1.165) is 0 Å². The van der Waals surface area contributed by atoms with Crippen molar-refractivity contribution in [1.29, 1.82) is 5.26 Å². The average molecular weight is 388 g/mol. The zero-order chi connectivity index (χ0) is 20.0. The normalized spacial score (nSPS) is 10.8. The highest BCUT2D eigenvalue weighted by molar-refractivity contribution is 7.89. The van der Waals surface area contributed by atoms with Gasteiger partial charge < -0.3 is 5.32 Å². The maximum absolute atomic E-state index is 12.3. The highest BCUT2D eigenvalue weighted by atomic mass is 32.2. The smallest absolute Gasteiger partial charge is 0.274 e. The van der Waals surface area contributed by atoms with E-state index in [1.54, 1.807) is 0 Å². The lowest BCUT2D eigenvalue weighted by molar-refractivity contribution is -0.385. The van der Waals surface area contributed by atoms with Crippen LogP contribution in [0.15, 0.2) is 47.4 Å². The number of nitrogens with one attached hydrogen (secondary N) is 2. The number of nitrogens with zero attached hydrogens (tertiary/aromatic N) is 2. The molecule has 0 bridgehead atoms. The molecule has 0 spiro atoms. The first-order valence-corrected chi connectivity index (χ1v) is 9.26. The third-order valence-electron chi connectivity index (χ3n) is 3.71. The minimum atomic E-state index is -3.76. The molecule has 27 heavy (non-hydrogen) atoms. The standard InChI is InChI=1S/C17H16N4O5S/c1-12-15(4-2-5-16(12)21(23)24)20-17(22)13-6-8-14(9-7-13)27(25,26)19-11-3-10-18/h2,4-9,19H,3,11H2,1H3,(H,20,22). The number of nitro benzene ring substituents is 1. The summed E-state index contributed by atoms with van der Waals surface area (Å²) in [5.41, 5.74) is 0.690. The van der Waals surface area contributed by atoms with Gasteiger partial charge in [0, 0.05) is 24.6 Å². The molecule has 0 fully saturated rings. The molecule has 0 radical (unpaired) electrons. The zero-order valence-electron chi connectivity index (χ0n) is 14.3. The second-order valence-corrected chi connectivity index (χ2v) is 7.26. The number of carbonyl (C=O) groups is 1. The summed E-state index contributed by atoms with van der Waals surface area (Å²) in [4.78, 5) is 22.7. The molecule has 9 nitrogen and oxygen atoms in total. The molecule has 2 aromatic rings. The Morgan fingerprint density at radius 1 is 1.22 bits per heavy atom. The lowest BCUT2D eigenvalue weighted by Gasteiger charge is -2.09. The maximum atomic E-state index is 12.3. The quantitative estimate of drug-likeness (QED) is 0.423. The summed E-state index contributed by atoms with van der Waals surface area (Å²) in [6.07, 6.45) is 0.0439. The van der Waals surface area contributed by atoms with Gasteiger partial charge in [-0.15, -0.1) is 0 Å². The molecule has 0 saturated heterocycles. The van der Waals surface area contributed by atoms with Gasteiger partial charge in [0.1, 0.15) is 0 Å². The largest absolute Gasteiger partial charge is 0.321 e. The topological polar surface area (TPSA) is 142 Å². The number of sulfonamides is 1. The Kier molecular flexibility index (Phi) is 6.23. The fourth-order valence-corrected chi connectivity index (χ4v) is 3.29. The molecular weight excluding hydrogens is 372 g/mol. The van der Waals surface area contributed by atoms with Crippen molar-refractivity contribution >= 4 is 27.3 Å². The second-order valence-electron chi connectivity index (χ2n) is 5.49. The van der Waals surface area contributed by atoms with E-state index in [9.17, 15) is 23.3 Å². The molecule has 0 unspecified atom stereocenters. The summed E-state index contributed by atoms with van der Waals surface area (Å²) in [5, 5.41) is 22.0. The van der Waals surface area contributed by atoms with Gasteiger partial charge in [-0.3, -0.25) is 14.9 Å². The van der Waals surface area contributed by atoms with E-state index in [1.807, 2.05) is 6.07 Å². The SMILES string of the molecule is Cc1c(NC(=O)c2ccc(S(=O)(=O)NCCC#N)cc2)cccc1[N+](=O)[O-]. The summed E-state index contributed by atoms with van der Waals surface area (Å²) in [6.45, 7) is 1.52. The number of anilines is 1. The van der Waals surface area contributed by atoms with Gasteiger partial charge in [-0.1, -0.05) is 6.07 Å². The predicted molar refractivity (Wildman–Crippen MR) is 97.6 cm³/mol. The van der Waals surface area contributed by atoms with Crippen LogP contribution in [0, 0.1) is 28.4 Å². The lowest BCUT2D eigenvalue weighted by Crippen LogP contribution is -2.24. The number of hydrogen-bond donors (Lipinski definition) is 2. The van der Waals surface area contributed by atoms with Gasteiger partial charge in [0.2, 0.25) is 10.0 Å². The molecule has 0 heterocycles. The Labute approximate surface area is 155 Å². The van der Waals surface area contributed by atoms with E-state index < -0.39 is 20.9 Å². The average Bonchev–Trinajstić information content (AvgIpc) is 2.63. The summed E-state index contributed by atoms with van der Waals surface area (Å²) >= 11 is 0. The van der Waals surface area contributed by atoms with Crippen molar-refractivity contribution in [3.05, 3.63) is 63.7 Å². The maximum Gasteiger partial charge on any atom is 0.274 e. The fourth-order valence-electron chi connectivity index (χ4n) is 2.26. The van der Waals surface area contributed by atoms with Crippen LogP contribution in [0.3, 0.4) is 0 Å². The molecule has 2 rings (SSSR count). The molecule has 0 saturated carbocycles. The molecule has 140 valence electrons. The number of nitriles is 1. The van der Waals surface area contributed by atoms with Gasteiger partial charge in [-0.05, 0) is 37.3 Å². The summed E-state index contributed by atoms with van der Waals surface area (Å²) in [6, 6.07) is 11.4. The Bertz CT molecular complexity index is 1010. The minimum absolute atomic E-state index is 0.00681. The Hall–Kier alpha value is -3.29. The molecule has 0 aromatic heterocycles. The van der Waals surface area contributed by atoms with Crippen LogP contribution in [0.1, 0.15) is 22.3 Å². The van der Waals surface area contributed by atoms with Crippen LogP contribution in [-0.4, -0.2) is 25.8 Å². The van der Waals surface area contributed by atoms with E-state index >= 15 is 0 Å². The number of benzene rings is 2. The second kappa shape index (κ2) is 8.39. The molecule has 1 amide bonds. The van der Waals surface area contributed by atoms with E-state index in [1.165, 1.54) is 49.4 Å². The molecule has 2 N–H and O–H groups in total. The molecule has 10 heteroatoms. The number of rotatable bonds is 7. The number of nitro groups is 1. The van der Waals surface area contributed by atoms with Gasteiger partial charge in [-0.25, -0.2) is 13.1 Å². The number of amides is 1.